The molecular formula is C14H11BrF3NO. The van der Waals surface area contributed by atoms with E-state index in [0.717, 1.165) is 18.2 Å². The summed E-state index contributed by atoms with van der Waals surface area (Å²) in [5.74, 6) is -3.33. The largest absolute Gasteiger partial charge is 0.448 e. The Kier molecular flexibility index (Phi) is 4.67. The minimum absolute atomic E-state index is 0.243. The average molecular weight is 346 g/mol. The van der Waals surface area contributed by atoms with Gasteiger partial charge in [-0.2, -0.15) is 0 Å². The van der Waals surface area contributed by atoms with Gasteiger partial charge in [0.25, 0.3) is 0 Å². The number of halogens is 4. The Morgan fingerprint density at radius 2 is 1.70 bits per heavy atom. The first-order chi connectivity index (χ1) is 9.51. The highest BCUT2D eigenvalue weighted by atomic mass is 79.9. The highest BCUT2D eigenvalue weighted by Gasteiger charge is 2.15. The van der Waals surface area contributed by atoms with Gasteiger partial charge in [0.15, 0.2) is 29.0 Å². The van der Waals surface area contributed by atoms with E-state index in [-0.39, 0.29) is 5.75 Å². The topological polar surface area (TPSA) is 21.3 Å². The third-order valence-corrected chi connectivity index (χ3v) is 3.04. The smallest absolute Gasteiger partial charge is 0.198 e. The number of rotatable bonds is 4. The van der Waals surface area contributed by atoms with Crippen LogP contribution in [0.3, 0.4) is 0 Å². The molecule has 6 heteroatoms. The fourth-order valence-corrected chi connectivity index (χ4v) is 2.02. The molecule has 2 nitrogen and oxygen atoms in total. The van der Waals surface area contributed by atoms with E-state index < -0.39 is 23.2 Å². The number of nitrogens with one attached hydrogen (secondary N) is 1. The summed E-state index contributed by atoms with van der Waals surface area (Å²) in [6, 6.07) is 6.25. The van der Waals surface area contributed by atoms with Crippen LogP contribution in [0.1, 0.15) is 5.56 Å². The molecule has 2 rings (SSSR count). The molecular weight excluding hydrogens is 335 g/mol. The van der Waals surface area contributed by atoms with Crippen molar-refractivity contribution in [2.24, 2.45) is 0 Å². The zero-order valence-electron chi connectivity index (χ0n) is 10.5. The van der Waals surface area contributed by atoms with E-state index in [0.29, 0.717) is 16.6 Å². The molecule has 20 heavy (non-hydrogen) atoms. The maximum Gasteiger partial charge on any atom is 0.198 e. The molecule has 106 valence electrons. The van der Waals surface area contributed by atoms with Gasteiger partial charge in [-0.15, -0.1) is 0 Å². The molecule has 1 N–H and O–H groups in total. The molecule has 0 saturated heterocycles. The second-order valence-electron chi connectivity index (χ2n) is 4.10. The maximum atomic E-state index is 13.8. The molecule has 0 heterocycles. The summed E-state index contributed by atoms with van der Waals surface area (Å²) in [7, 11) is 1.66. The van der Waals surface area contributed by atoms with Crippen molar-refractivity contribution in [3.05, 3.63) is 57.8 Å². The van der Waals surface area contributed by atoms with Crippen molar-refractivity contribution in [2.75, 3.05) is 7.05 Å². The van der Waals surface area contributed by atoms with Crippen LogP contribution in [0.4, 0.5) is 13.2 Å². The van der Waals surface area contributed by atoms with Gasteiger partial charge in [-0.3, -0.25) is 0 Å². The van der Waals surface area contributed by atoms with Gasteiger partial charge in [0, 0.05) is 11.0 Å². The average Bonchev–Trinajstić information content (AvgIpc) is 2.36. The number of benzene rings is 2. The lowest BCUT2D eigenvalue weighted by atomic mass is 10.2. The molecule has 0 aliphatic rings. The number of hydrogen-bond acceptors (Lipinski definition) is 2. The SMILES string of the molecule is CNCc1cc(F)c(Oc2ccc(Br)cc2F)c(F)c1. The molecule has 0 bridgehead atoms. The highest BCUT2D eigenvalue weighted by Crippen LogP contribution is 2.31. The van der Waals surface area contributed by atoms with Gasteiger partial charge >= 0.3 is 0 Å². The number of ether oxygens (including phenoxy) is 1. The molecule has 0 unspecified atom stereocenters. The van der Waals surface area contributed by atoms with E-state index in [1.54, 1.807) is 7.05 Å². The predicted octanol–water partition coefficient (Wildman–Crippen LogP) is 4.38. The van der Waals surface area contributed by atoms with Crippen LogP contribution in [0, 0.1) is 17.5 Å². The van der Waals surface area contributed by atoms with Crippen molar-refractivity contribution in [1.82, 2.24) is 5.32 Å². The van der Waals surface area contributed by atoms with Crippen molar-refractivity contribution in [3.63, 3.8) is 0 Å². The summed E-state index contributed by atoms with van der Waals surface area (Å²) in [6.07, 6.45) is 0. The molecule has 2 aromatic carbocycles. The Hall–Kier alpha value is -1.53. The van der Waals surface area contributed by atoms with Crippen molar-refractivity contribution in [2.45, 2.75) is 6.54 Å². The molecule has 0 aromatic heterocycles. The number of hydrogen-bond donors (Lipinski definition) is 1. The first-order valence-corrected chi connectivity index (χ1v) is 6.56. The van der Waals surface area contributed by atoms with Crippen molar-refractivity contribution in [3.8, 4) is 11.5 Å². The third kappa shape index (κ3) is 3.32. The Balaban J connectivity index is 2.33. The molecule has 0 fully saturated rings. The van der Waals surface area contributed by atoms with Crippen LogP contribution in [0.25, 0.3) is 0 Å². The predicted molar refractivity (Wildman–Crippen MR) is 73.3 cm³/mol. The Morgan fingerprint density at radius 1 is 1.05 bits per heavy atom. The lowest BCUT2D eigenvalue weighted by Crippen LogP contribution is -2.06. The van der Waals surface area contributed by atoms with Crippen LogP contribution >= 0.6 is 15.9 Å². The lowest BCUT2D eigenvalue weighted by Gasteiger charge is -2.10. The van der Waals surface area contributed by atoms with E-state index in [4.69, 9.17) is 4.74 Å². The normalized spacial score (nSPS) is 10.7. The van der Waals surface area contributed by atoms with Gasteiger partial charge in [0.2, 0.25) is 0 Å². The second kappa shape index (κ2) is 6.28. The zero-order chi connectivity index (χ0) is 14.7. The summed E-state index contributed by atoms with van der Waals surface area (Å²) >= 11 is 3.09. The zero-order valence-corrected chi connectivity index (χ0v) is 12.1. The van der Waals surface area contributed by atoms with Crippen molar-refractivity contribution < 1.29 is 17.9 Å². The van der Waals surface area contributed by atoms with Crippen LogP contribution in [-0.4, -0.2) is 7.05 Å². The molecule has 0 aliphatic carbocycles. The van der Waals surface area contributed by atoms with E-state index >= 15 is 0 Å². The van der Waals surface area contributed by atoms with E-state index in [9.17, 15) is 13.2 Å². The Bertz CT molecular complexity index is 611. The maximum absolute atomic E-state index is 13.8. The molecule has 0 atom stereocenters. The summed E-state index contributed by atoms with van der Waals surface area (Å²) in [6.45, 7) is 0.320. The summed E-state index contributed by atoms with van der Waals surface area (Å²) in [5, 5.41) is 2.78. The second-order valence-corrected chi connectivity index (χ2v) is 5.01. The van der Waals surface area contributed by atoms with Crippen molar-refractivity contribution in [1.29, 1.82) is 0 Å². The van der Waals surface area contributed by atoms with Crippen LogP contribution in [0.15, 0.2) is 34.8 Å². The van der Waals surface area contributed by atoms with Crippen LogP contribution in [-0.2, 0) is 6.54 Å². The van der Waals surface area contributed by atoms with E-state index in [1.165, 1.54) is 12.1 Å². The summed E-state index contributed by atoms with van der Waals surface area (Å²) in [5.41, 5.74) is 0.436. The fraction of sp³-hybridized carbons (Fsp3) is 0.143. The summed E-state index contributed by atoms with van der Waals surface area (Å²) < 4.78 is 46.7. The van der Waals surface area contributed by atoms with Crippen LogP contribution in [0.2, 0.25) is 0 Å². The first kappa shape index (κ1) is 14.9. The standard InChI is InChI=1S/C14H11BrF3NO/c1-19-7-8-4-11(17)14(12(18)5-8)20-13-3-2-9(15)6-10(13)16/h2-6,19H,7H2,1H3. The minimum Gasteiger partial charge on any atom is -0.448 e. The van der Waals surface area contributed by atoms with Gasteiger partial charge in [0.05, 0.1) is 0 Å². The van der Waals surface area contributed by atoms with E-state index in [1.807, 2.05) is 0 Å². The molecule has 0 radical (unpaired) electrons. The first-order valence-electron chi connectivity index (χ1n) is 5.76. The van der Waals surface area contributed by atoms with Gasteiger partial charge in [-0.25, -0.2) is 13.2 Å². The third-order valence-electron chi connectivity index (χ3n) is 2.54. The van der Waals surface area contributed by atoms with Gasteiger partial charge in [-0.1, -0.05) is 15.9 Å². The molecule has 2 aromatic rings. The molecule has 0 spiro atoms. The Morgan fingerprint density at radius 3 is 2.25 bits per heavy atom. The monoisotopic (exact) mass is 345 g/mol. The molecule has 0 amide bonds. The van der Waals surface area contributed by atoms with Crippen LogP contribution in [0.5, 0.6) is 11.5 Å². The lowest BCUT2D eigenvalue weighted by molar-refractivity contribution is 0.386. The molecule has 0 saturated carbocycles. The quantitative estimate of drug-likeness (QED) is 0.887. The van der Waals surface area contributed by atoms with E-state index in [2.05, 4.69) is 21.2 Å². The minimum atomic E-state index is -0.877. The fourth-order valence-electron chi connectivity index (χ4n) is 1.68. The Labute approximate surface area is 122 Å². The summed E-state index contributed by atoms with van der Waals surface area (Å²) in [4.78, 5) is 0. The van der Waals surface area contributed by atoms with Crippen LogP contribution < -0.4 is 10.1 Å². The van der Waals surface area contributed by atoms with Gasteiger partial charge in [0.1, 0.15) is 0 Å². The highest BCUT2D eigenvalue weighted by molar-refractivity contribution is 9.10. The van der Waals surface area contributed by atoms with Gasteiger partial charge in [-0.05, 0) is 42.9 Å². The molecule has 0 aliphatic heterocycles. The van der Waals surface area contributed by atoms with Crippen molar-refractivity contribution >= 4 is 15.9 Å². The van der Waals surface area contributed by atoms with Gasteiger partial charge < -0.3 is 10.1 Å².